The van der Waals surface area contributed by atoms with Crippen LogP contribution in [-0.4, -0.2) is 52.8 Å². The number of nitrogens with one attached hydrogen (secondary N) is 1. The van der Waals surface area contributed by atoms with E-state index >= 15 is 0 Å². The van der Waals surface area contributed by atoms with Gasteiger partial charge in [-0.15, -0.1) is 0 Å². The summed E-state index contributed by atoms with van der Waals surface area (Å²) in [5.74, 6) is 0.680. The fourth-order valence-corrected chi connectivity index (χ4v) is 4.50. The third-order valence-corrected chi connectivity index (χ3v) is 6.13. The summed E-state index contributed by atoms with van der Waals surface area (Å²) in [5.41, 5.74) is 2.44. The Morgan fingerprint density at radius 3 is 2.52 bits per heavy atom. The Morgan fingerprint density at radius 2 is 1.74 bits per heavy atom. The number of nitrogens with zero attached hydrogens (tertiary/aromatic N) is 2. The standard InChI is InChI=1S/C22H29N3O2/c26-21(9-5-6-18-16-23-20-8-2-1-7-19(18)20)24-14-10-17(11-15-24)22(27)25-12-3-4-13-25/h1-2,7-8,16-17,23H,3-6,9-15H2. The van der Waals surface area contributed by atoms with Crippen molar-refractivity contribution in [3.05, 3.63) is 36.0 Å². The number of carbonyl (C=O) groups excluding carboxylic acids is 2. The summed E-state index contributed by atoms with van der Waals surface area (Å²) >= 11 is 0. The Balaban J connectivity index is 1.22. The van der Waals surface area contributed by atoms with Gasteiger partial charge in [0.15, 0.2) is 0 Å². The van der Waals surface area contributed by atoms with E-state index in [9.17, 15) is 9.59 Å². The lowest BCUT2D eigenvalue weighted by Gasteiger charge is -2.33. The Morgan fingerprint density at radius 1 is 1.00 bits per heavy atom. The Bertz CT molecular complexity index is 799. The van der Waals surface area contributed by atoms with E-state index in [1.54, 1.807) is 0 Å². The van der Waals surface area contributed by atoms with Gasteiger partial charge >= 0.3 is 0 Å². The number of aromatic amines is 1. The molecule has 5 nitrogen and oxygen atoms in total. The second-order valence-corrected chi connectivity index (χ2v) is 7.90. The SMILES string of the molecule is O=C(CCCc1c[nH]c2ccccc12)N1CCC(C(=O)N2CCCC2)CC1. The predicted molar refractivity (Wildman–Crippen MR) is 106 cm³/mol. The topological polar surface area (TPSA) is 56.4 Å². The van der Waals surface area contributed by atoms with Gasteiger partial charge < -0.3 is 14.8 Å². The van der Waals surface area contributed by atoms with Crippen LogP contribution in [0.5, 0.6) is 0 Å². The fraction of sp³-hybridized carbons (Fsp3) is 0.545. The Labute approximate surface area is 160 Å². The van der Waals surface area contributed by atoms with Gasteiger partial charge in [0.2, 0.25) is 11.8 Å². The molecule has 2 aliphatic rings. The van der Waals surface area contributed by atoms with Crippen LogP contribution in [-0.2, 0) is 16.0 Å². The molecule has 2 amide bonds. The summed E-state index contributed by atoms with van der Waals surface area (Å²) in [7, 11) is 0. The van der Waals surface area contributed by atoms with Crippen LogP contribution in [0.15, 0.2) is 30.5 Å². The van der Waals surface area contributed by atoms with Crippen molar-refractivity contribution in [2.45, 2.75) is 44.9 Å². The first-order chi connectivity index (χ1) is 13.2. The van der Waals surface area contributed by atoms with Crippen LogP contribution >= 0.6 is 0 Å². The van der Waals surface area contributed by atoms with Crippen molar-refractivity contribution >= 4 is 22.7 Å². The summed E-state index contributed by atoms with van der Waals surface area (Å²) in [5, 5.41) is 1.26. The number of carbonyl (C=O) groups is 2. The fourth-order valence-electron chi connectivity index (χ4n) is 4.50. The maximum absolute atomic E-state index is 12.5. The lowest BCUT2D eigenvalue weighted by Crippen LogP contribution is -2.43. The smallest absolute Gasteiger partial charge is 0.225 e. The van der Waals surface area contributed by atoms with Crippen LogP contribution in [0.1, 0.15) is 44.1 Å². The molecule has 0 atom stereocenters. The zero-order valence-corrected chi connectivity index (χ0v) is 16.0. The molecule has 4 rings (SSSR count). The molecule has 0 radical (unpaired) electrons. The number of para-hydroxylation sites is 1. The van der Waals surface area contributed by atoms with Crippen LogP contribution in [0.4, 0.5) is 0 Å². The molecule has 0 saturated carbocycles. The zero-order valence-electron chi connectivity index (χ0n) is 16.0. The molecule has 1 N–H and O–H groups in total. The van der Waals surface area contributed by atoms with Crippen molar-refractivity contribution in [1.82, 2.24) is 14.8 Å². The van der Waals surface area contributed by atoms with Gasteiger partial charge in [-0.25, -0.2) is 0 Å². The van der Waals surface area contributed by atoms with E-state index in [0.717, 1.165) is 70.2 Å². The van der Waals surface area contributed by atoms with Gasteiger partial charge in [0.05, 0.1) is 0 Å². The maximum Gasteiger partial charge on any atom is 0.225 e. The monoisotopic (exact) mass is 367 g/mol. The minimum absolute atomic E-state index is 0.123. The second-order valence-electron chi connectivity index (χ2n) is 7.90. The largest absolute Gasteiger partial charge is 0.361 e. The number of aryl methyl sites for hydroxylation is 1. The molecule has 1 aromatic heterocycles. The highest BCUT2D eigenvalue weighted by atomic mass is 16.2. The number of amides is 2. The molecule has 2 fully saturated rings. The van der Waals surface area contributed by atoms with Crippen molar-refractivity contribution in [3.63, 3.8) is 0 Å². The molecular formula is C22H29N3O2. The molecule has 27 heavy (non-hydrogen) atoms. The molecule has 0 bridgehead atoms. The lowest BCUT2D eigenvalue weighted by molar-refractivity contribution is -0.140. The molecule has 0 aliphatic carbocycles. The van der Waals surface area contributed by atoms with Crippen LogP contribution in [0, 0.1) is 5.92 Å². The maximum atomic E-state index is 12.5. The molecule has 0 spiro atoms. The number of hydrogen-bond acceptors (Lipinski definition) is 2. The summed E-state index contributed by atoms with van der Waals surface area (Å²) in [6, 6.07) is 8.30. The number of rotatable bonds is 5. The molecular weight excluding hydrogens is 338 g/mol. The number of hydrogen-bond donors (Lipinski definition) is 1. The van der Waals surface area contributed by atoms with E-state index in [0.29, 0.717) is 12.3 Å². The van der Waals surface area contributed by atoms with E-state index < -0.39 is 0 Å². The predicted octanol–water partition coefficient (Wildman–Crippen LogP) is 3.35. The van der Waals surface area contributed by atoms with Crippen molar-refractivity contribution in [1.29, 1.82) is 0 Å². The third-order valence-electron chi connectivity index (χ3n) is 6.13. The quantitative estimate of drug-likeness (QED) is 0.881. The van der Waals surface area contributed by atoms with Gasteiger partial charge in [-0.05, 0) is 50.2 Å². The number of likely N-dealkylation sites (tertiary alicyclic amines) is 2. The summed E-state index contributed by atoms with van der Waals surface area (Å²) in [4.78, 5) is 32.3. The van der Waals surface area contributed by atoms with Crippen molar-refractivity contribution in [3.8, 4) is 0 Å². The Kier molecular flexibility index (Phi) is 5.46. The van der Waals surface area contributed by atoms with E-state index in [4.69, 9.17) is 0 Å². The summed E-state index contributed by atoms with van der Waals surface area (Å²) in [6.07, 6.45) is 8.36. The molecule has 0 unspecified atom stereocenters. The van der Waals surface area contributed by atoms with Crippen LogP contribution in [0.25, 0.3) is 10.9 Å². The van der Waals surface area contributed by atoms with Gasteiger partial charge in [0, 0.05) is 55.6 Å². The van der Waals surface area contributed by atoms with Crippen molar-refractivity contribution < 1.29 is 9.59 Å². The minimum Gasteiger partial charge on any atom is -0.361 e. The molecule has 144 valence electrons. The van der Waals surface area contributed by atoms with Gasteiger partial charge in [-0.2, -0.15) is 0 Å². The number of H-pyrrole nitrogens is 1. The van der Waals surface area contributed by atoms with Gasteiger partial charge in [-0.3, -0.25) is 9.59 Å². The van der Waals surface area contributed by atoms with Gasteiger partial charge in [0.25, 0.3) is 0 Å². The van der Waals surface area contributed by atoms with Crippen molar-refractivity contribution in [2.24, 2.45) is 5.92 Å². The van der Waals surface area contributed by atoms with Gasteiger partial charge in [-0.1, -0.05) is 18.2 Å². The zero-order chi connectivity index (χ0) is 18.6. The van der Waals surface area contributed by atoms with Crippen molar-refractivity contribution in [2.75, 3.05) is 26.2 Å². The minimum atomic E-state index is 0.123. The number of benzene rings is 1. The normalized spacial score (nSPS) is 18.4. The highest BCUT2D eigenvalue weighted by Crippen LogP contribution is 2.23. The number of aromatic nitrogens is 1. The second kappa shape index (κ2) is 8.15. The van der Waals surface area contributed by atoms with Crippen LogP contribution < -0.4 is 0 Å². The van der Waals surface area contributed by atoms with Crippen LogP contribution in [0.3, 0.4) is 0 Å². The van der Waals surface area contributed by atoms with E-state index in [-0.39, 0.29) is 11.8 Å². The number of piperidine rings is 1. The Hall–Kier alpha value is -2.30. The molecule has 1 aromatic carbocycles. The highest BCUT2D eigenvalue weighted by molar-refractivity contribution is 5.83. The molecule has 3 heterocycles. The van der Waals surface area contributed by atoms with E-state index in [1.807, 2.05) is 15.9 Å². The average Bonchev–Trinajstić information content (AvgIpc) is 3.38. The molecule has 5 heteroatoms. The summed E-state index contributed by atoms with van der Waals surface area (Å²) < 4.78 is 0. The molecule has 2 saturated heterocycles. The average molecular weight is 367 g/mol. The highest BCUT2D eigenvalue weighted by Gasteiger charge is 2.30. The lowest BCUT2D eigenvalue weighted by atomic mass is 9.95. The first-order valence-corrected chi connectivity index (χ1v) is 10.3. The molecule has 2 aliphatic heterocycles. The first kappa shape index (κ1) is 18.1. The molecule has 2 aromatic rings. The first-order valence-electron chi connectivity index (χ1n) is 10.3. The van der Waals surface area contributed by atoms with Crippen LogP contribution in [0.2, 0.25) is 0 Å². The number of fused-ring (bicyclic) bond motifs is 1. The van der Waals surface area contributed by atoms with Gasteiger partial charge in [0.1, 0.15) is 0 Å². The third kappa shape index (κ3) is 4.02. The summed E-state index contributed by atoms with van der Waals surface area (Å²) in [6.45, 7) is 3.31. The van der Waals surface area contributed by atoms with E-state index in [2.05, 4.69) is 29.4 Å². The van der Waals surface area contributed by atoms with E-state index in [1.165, 1.54) is 10.9 Å².